The summed E-state index contributed by atoms with van der Waals surface area (Å²) in [6.45, 7) is 1.85. The highest BCUT2D eigenvalue weighted by atomic mass is 32.2. The van der Waals surface area contributed by atoms with Crippen molar-refractivity contribution >= 4 is 35.1 Å². The van der Waals surface area contributed by atoms with E-state index in [4.69, 9.17) is 4.74 Å². The fourth-order valence-electron chi connectivity index (χ4n) is 5.94. The number of Topliss-reactive ketones (excluding diaryl/α,β-unsaturated/α-hetero) is 1. The van der Waals surface area contributed by atoms with E-state index in [0.717, 1.165) is 30.5 Å². The average Bonchev–Trinajstić information content (AvgIpc) is 2.65. The Labute approximate surface area is 176 Å². The molecule has 0 atom stereocenters. The predicted molar refractivity (Wildman–Crippen MR) is 114 cm³/mol. The molecule has 1 N–H and O–H groups in total. The lowest BCUT2D eigenvalue weighted by molar-refractivity contribution is -0.156. The number of hydrogen-bond acceptors (Lipinski definition) is 5. The molecule has 0 unspecified atom stereocenters. The molecule has 4 saturated carbocycles. The van der Waals surface area contributed by atoms with Gasteiger partial charge in [-0.1, -0.05) is 12.1 Å². The SMILES string of the molecule is Cc1cccc(NC(=O)CSCC(=O)OCC(=O)C23CC4CC(CC(C4)C2)C3)c1. The minimum Gasteiger partial charge on any atom is -0.457 e. The number of nitrogens with one attached hydrogen (secondary N) is 1. The Bertz CT molecular complexity index is 771. The van der Waals surface area contributed by atoms with Crippen LogP contribution in [0.1, 0.15) is 44.1 Å². The van der Waals surface area contributed by atoms with Crippen LogP contribution in [-0.2, 0) is 19.1 Å². The summed E-state index contributed by atoms with van der Waals surface area (Å²) in [7, 11) is 0. The van der Waals surface area contributed by atoms with Crippen molar-refractivity contribution < 1.29 is 19.1 Å². The fourth-order valence-corrected chi connectivity index (χ4v) is 6.55. The zero-order valence-corrected chi connectivity index (χ0v) is 17.8. The molecule has 4 aliphatic carbocycles. The third kappa shape index (κ3) is 4.85. The predicted octanol–water partition coefficient (Wildman–Crippen LogP) is 4.00. The molecule has 0 aromatic heterocycles. The number of anilines is 1. The van der Waals surface area contributed by atoms with Gasteiger partial charge in [-0.15, -0.1) is 11.8 Å². The van der Waals surface area contributed by atoms with E-state index in [2.05, 4.69) is 5.32 Å². The van der Waals surface area contributed by atoms with Crippen molar-refractivity contribution in [3.8, 4) is 0 Å². The molecule has 29 heavy (non-hydrogen) atoms. The van der Waals surface area contributed by atoms with E-state index in [1.807, 2.05) is 31.2 Å². The van der Waals surface area contributed by atoms with Crippen LogP contribution in [0, 0.1) is 30.1 Å². The largest absolute Gasteiger partial charge is 0.457 e. The number of ether oxygens (including phenoxy) is 1. The molecule has 5 rings (SSSR count). The summed E-state index contributed by atoms with van der Waals surface area (Å²) in [4.78, 5) is 36.9. The number of rotatable bonds is 8. The Morgan fingerprint density at radius 2 is 1.72 bits per heavy atom. The first-order valence-electron chi connectivity index (χ1n) is 10.5. The first-order valence-corrected chi connectivity index (χ1v) is 11.7. The number of hydrogen-bond donors (Lipinski definition) is 1. The van der Waals surface area contributed by atoms with Gasteiger partial charge in [-0.2, -0.15) is 0 Å². The van der Waals surface area contributed by atoms with Crippen LogP contribution in [-0.4, -0.2) is 35.8 Å². The van der Waals surface area contributed by atoms with E-state index in [1.54, 1.807) is 0 Å². The van der Waals surface area contributed by atoms with Crippen LogP contribution in [0.5, 0.6) is 0 Å². The molecule has 0 spiro atoms. The number of esters is 1. The summed E-state index contributed by atoms with van der Waals surface area (Å²) in [6.07, 6.45) is 6.82. The molecule has 156 valence electrons. The van der Waals surface area contributed by atoms with Gasteiger partial charge in [0.25, 0.3) is 0 Å². The Hall–Kier alpha value is -1.82. The van der Waals surface area contributed by atoms with Gasteiger partial charge in [-0.05, 0) is 80.9 Å². The molecule has 1 aromatic carbocycles. The maximum Gasteiger partial charge on any atom is 0.316 e. The number of thioether (sulfide) groups is 1. The Balaban J connectivity index is 1.17. The summed E-state index contributed by atoms with van der Waals surface area (Å²) in [5.74, 6) is 1.89. The number of benzene rings is 1. The third-order valence-corrected chi connectivity index (χ3v) is 7.66. The number of aryl methyl sites for hydroxylation is 1. The van der Waals surface area contributed by atoms with Crippen molar-refractivity contribution in [2.45, 2.75) is 45.4 Å². The van der Waals surface area contributed by atoms with Gasteiger partial charge in [0.2, 0.25) is 5.91 Å². The summed E-state index contributed by atoms with van der Waals surface area (Å²) in [6, 6.07) is 7.58. The van der Waals surface area contributed by atoms with Crippen molar-refractivity contribution in [1.29, 1.82) is 0 Å². The normalized spacial score (nSPS) is 29.5. The second kappa shape index (κ2) is 8.50. The molecule has 0 aliphatic heterocycles. The van der Waals surface area contributed by atoms with Crippen molar-refractivity contribution in [2.24, 2.45) is 23.2 Å². The first kappa shape index (κ1) is 20.5. The van der Waals surface area contributed by atoms with Crippen molar-refractivity contribution in [2.75, 3.05) is 23.4 Å². The number of ketones is 1. The van der Waals surface area contributed by atoms with Crippen LogP contribution in [0.2, 0.25) is 0 Å². The van der Waals surface area contributed by atoms with Crippen LogP contribution in [0.4, 0.5) is 5.69 Å². The molecule has 0 radical (unpaired) electrons. The fraction of sp³-hybridized carbons (Fsp3) is 0.609. The Morgan fingerprint density at radius 1 is 1.07 bits per heavy atom. The second-order valence-electron chi connectivity index (χ2n) is 9.19. The highest BCUT2D eigenvalue weighted by molar-refractivity contribution is 8.00. The lowest BCUT2D eigenvalue weighted by atomic mass is 9.48. The zero-order valence-electron chi connectivity index (χ0n) is 16.9. The van der Waals surface area contributed by atoms with E-state index in [9.17, 15) is 14.4 Å². The maximum atomic E-state index is 12.9. The van der Waals surface area contributed by atoms with Crippen LogP contribution in [0.3, 0.4) is 0 Å². The topological polar surface area (TPSA) is 72.5 Å². The van der Waals surface area contributed by atoms with Crippen molar-refractivity contribution in [1.82, 2.24) is 0 Å². The average molecular weight is 416 g/mol. The quantitative estimate of drug-likeness (QED) is 0.650. The summed E-state index contributed by atoms with van der Waals surface area (Å²) in [5.41, 5.74) is 1.60. The van der Waals surface area contributed by atoms with Crippen LogP contribution in [0.25, 0.3) is 0 Å². The van der Waals surface area contributed by atoms with Crippen LogP contribution >= 0.6 is 11.8 Å². The summed E-state index contributed by atoms with van der Waals surface area (Å²) in [5, 5.41) is 2.82. The van der Waals surface area contributed by atoms with Gasteiger partial charge >= 0.3 is 5.97 Å². The van der Waals surface area contributed by atoms with Crippen LogP contribution in [0.15, 0.2) is 24.3 Å². The molecule has 5 nitrogen and oxygen atoms in total. The van der Waals surface area contributed by atoms with Gasteiger partial charge < -0.3 is 10.1 Å². The maximum absolute atomic E-state index is 12.9. The molecule has 1 amide bonds. The molecule has 4 fully saturated rings. The Morgan fingerprint density at radius 3 is 2.34 bits per heavy atom. The number of amides is 1. The van der Waals surface area contributed by atoms with Crippen molar-refractivity contribution in [3.05, 3.63) is 29.8 Å². The van der Waals surface area contributed by atoms with Crippen LogP contribution < -0.4 is 5.32 Å². The smallest absolute Gasteiger partial charge is 0.316 e. The minimum absolute atomic E-state index is 0.0788. The second-order valence-corrected chi connectivity index (χ2v) is 10.2. The molecular weight excluding hydrogens is 386 g/mol. The zero-order chi connectivity index (χ0) is 20.4. The van der Waals surface area contributed by atoms with E-state index in [0.29, 0.717) is 17.8 Å². The molecular formula is C23H29NO4S. The first-order chi connectivity index (χ1) is 13.9. The lowest BCUT2D eigenvalue weighted by Gasteiger charge is -2.55. The highest BCUT2D eigenvalue weighted by Crippen LogP contribution is 2.60. The molecule has 1 aromatic rings. The highest BCUT2D eigenvalue weighted by Gasteiger charge is 2.54. The molecule has 4 aliphatic rings. The van der Waals surface area contributed by atoms with Gasteiger partial charge in [-0.3, -0.25) is 14.4 Å². The Kier molecular flexibility index (Phi) is 6.00. The summed E-state index contributed by atoms with van der Waals surface area (Å²) < 4.78 is 5.27. The lowest BCUT2D eigenvalue weighted by Crippen LogP contribution is -2.51. The van der Waals surface area contributed by atoms with E-state index >= 15 is 0 Å². The minimum atomic E-state index is -0.420. The molecule has 0 saturated heterocycles. The number of carbonyl (C=O) groups excluding carboxylic acids is 3. The molecule has 0 heterocycles. The third-order valence-electron chi connectivity index (χ3n) is 6.75. The van der Waals surface area contributed by atoms with Gasteiger partial charge in [0.1, 0.15) is 0 Å². The standard InChI is InChI=1S/C23H29NO4S/c1-15-3-2-4-19(5-15)24-21(26)13-29-14-22(27)28-12-20(25)23-9-16-6-17(10-23)8-18(7-16)11-23/h2-5,16-18H,6-14H2,1H3,(H,24,26). The van der Waals surface area contributed by atoms with E-state index in [-0.39, 0.29) is 35.2 Å². The molecule has 6 heteroatoms. The summed E-state index contributed by atoms with van der Waals surface area (Å²) >= 11 is 1.21. The van der Waals surface area contributed by atoms with Gasteiger partial charge in [-0.25, -0.2) is 0 Å². The van der Waals surface area contributed by atoms with Gasteiger partial charge in [0.15, 0.2) is 12.4 Å². The van der Waals surface area contributed by atoms with E-state index in [1.165, 1.54) is 31.0 Å². The number of carbonyl (C=O) groups is 3. The van der Waals surface area contributed by atoms with Crippen molar-refractivity contribution in [3.63, 3.8) is 0 Å². The van der Waals surface area contributed by atoms with E-state index < -0.39 is 5.97 Å². The monoisotopic (exact) mass is 415 g/mol. The van der Waals surface area contributed by atoms with Gasteiger partial charge in [0, 0.05) is 11.1 Å². The molecule has 4 bridgehead atoms. The van der Waals surface area contributed by atoms with Gasteiger partial charge in [0.05, 0.1) is 11.5 Å².